The molecule has 2 saturated heterocycles. The normalized spacial score (nSPS) is 27.7. The first kappa shape index (κ1) is 17.4. The number of aromatic nitrogens is 1. The van der Waals surface area contributed by atoms with Gasteiger partial charge in [0.25, 0.3) is 5.91 Å². The van der Waals surface area contributed by atoms with E-state index in [-0.39, 0.29) is 5.91 Å². The van der Waals surface area contributed by atoms with Crippen LogP contribution in [0, 0.1) is 12.3 Å². The molecule has 0 N–H and O–H groups in total. The molecule has 1 atom stereocenters. The van der Waals surface area contributed by atoms with Crippen molar-refractivity contribution in [2.75, 3.05) is 19.6 Å². The second-order valence-electron chi connectivity index (χ2n) is 8.18. The molecule has 140 valence electrons. The Bertz CT molecular complexity index is 734. The molecule has 0 radical (unpaired) electrons. The summed E-state index contributed by atoms with van der Waals surface area (Å²) in [4.78, 5) is 33.7. The lowest BCUT2D eigenvalue weighted by Gasteiger charge is -2.43. The first-order chi connectivity index (χ1) is 12.4. The number of amides is 2. The molecule has 0 bridgehead atoms. The van der Waals surface area contributed by atoms with Crippen LogP contribution in [0.15, 0.2) is 18.2 Å². The maximum absolute atomic E-state index is 14.6. The number of aryl methyl sites for hydroxylation is 1. The van der Waals surface area contributed by atoms with Crippen molar-refractivity contribution in [3.63, 3.8) is 0 Å². The SMILES string of the molecule is Cc1cccc(CN2CC[C@]3(CCCN(C(=O)C4(F)CCC4)C3)C2=O)n1. The van der Waals surface area contributed by atoms with E-state index in [0.29, 0.717) is 39.0 Å². The third kappa shape index (κ3) is 2.89. The van der Waals surface area contributed by atoms with Crippen LogP contribution in [-0.4, -0.2) is 51.9 Å². The van der Waals surface area contributed by atoms with Crippen LogP contribution in [0.3, 0.4) is 0 Å². The van der Waals surface area contributed by atoms with E-state index in [1.807, 2.05) is 30.0 Å². The van der Waals surface area contributed by atoms with Gasteiger partial charge in [0.2, 0.25) is 5.91 Å². The fourth-order valence-electron chi connectivity index (χ4n) is 4.59. The Morgan fingerprint density at radius 2 is 2.00 bits per heavy atom. The number of piperidine rings is 1. The maximum atomic E-state index is 14.6. The third-order valence-electron chi connectivity index (χ3n) is 6.29. The quantitative estimate of drug-likeness (QED) is 0.834. The predicted molar refractivity (Wildman–Crippen MR) is 94.9 cm³/mol. The summed E-state index contributed by atoms with van der Waals surface area (Å²) in [5.74, 6) is -0.297. The van der Waals surface area contributed by atoms with E-state index in [9.17, 15) is 14.0 Å². The minimum Gasteiger partial charge on any atom is -0.339 e. The smallest absolute Gasteiger partial charge is 0.260 e. The number of likely N-dealkylation sites (tertiary alicyclic amines) is 2. The third-order valence-corrected chi connectivity index (χ3v) is 6.29. The lowest BCUT2D eigenvalue weighted by atomic mass is 9.76. The fourth-order valence-corrected chi connectivity index (χ4v) is 4.59. The van der Waals surface area contributed by atoms with Crippen LogP contribution < -0.4 is 0 Å². The number of rotatable bonds is 3. The molecule has 0 aromatic carbocycles. The number of hydrogen-bond donors (Lipinski definition) is 0. The molecule has 26 heavy (non-hydrogen) atoms. The van der Waals surface area contributed by atoms with Crippen molar-refractivity contribution in [2.45, 2.75) is 57.7 Å². The summed E-state index contributed by atoms with van der Waals surface area (Å²) in [6, 6.07) is 5.83. The Labute approximate surface area is 153 Å². The Morgan fingerprint density at radius 3 is 2.69 bits per heavy atom. The lowest BCUT2D eigenvalue weighted by Crippen LogP contribution is -2.56. The standard InChI is InChI=1S/C20H26FN3O2/c1-15-5-2-6-16(22-15)13-23-12-10-19(17(23)25)7-4-11-24(14-19)18(26)20(21)8-3-9-20/h2,5-6H,3-4,7-14H2,1H3/t19-/m0/s1. The zero-order valence-electron chi connectivity index (χ0n) is 15.3. The van der Waals surface area contributed by atoms with Gasteiger partial charge in [-0.05, 0) is 57.6 Å². The van der Waals surface area contributed by atoms with Crippen LogP contribution in [-0.2, 0) is 16.1 Å². The van der Waals surface area contributed by atoms with Gasteiger partial charge < -0.3 is 9.80 Å². The van der Waals surface area contributed by atoms with Crippen molar-refractivity contribution in [3.8, 4) is 0 Å². The summed E-state index contributed by atoms with van der Waals surface area (Å²) in [5, 5.41) is 0. The second kappa shape index (κ2) is 6.32. The molecule has 3 fully saturated rings. The molecule has 1 aromatic rings. The molecule has 0 unspecified atom stereocenters. The van der Waals surface area contributed by atoms with Gasteiger partial charge in [0.15, 0.2) is 5.67 Å². The van der Waals surface area contributed by atoms with Crippen molar-refractivity contribution in [1.82, 2.24) is 14.8 Å². The largest absolute Gasteiger partial charge is 0.339 e. The van der Waals surface area contributed by atoms with E-state index in [4.69, 9.17) is 0 Å². The highest BCUT2D eigenvalue weighted by molar-refractivity contribution is 5.89. The predicted octanol–water partition coefficient (Wildman–Crippen LogP) is 2.62. The van der Waals surface area contributed by atoms with E-state index in [0.717, 1.165) is 37.1 Å². The highest BCUT2D eigenvalue weighted by Crippen LogP contribution is 2.43. The van der Waals surface area contributed by atoms with Gasteiger partial charge in [-0.15, -0.1) is 0 Å². The Morgan fingerprint density at radius 1 is 1.19 bits per heavy atom. The van der Waals surface area contributed by atoms with Gasteiger partial charge >= 0.3 is 0 Å². The van der Waals surface area contributed by atoms with E-state index in [1.165, 1.54) is 0 Å². The van der Waals surface area contributed by atoms with Crippen molar-refractivity contribution in [1.29, 1.82) is 0 Å². The molecule has 6 heteroatoms. The lowest BCUT2D eigenvalue weighted by molar-refractivity contribution is -0.156. The van der Waals surface area contributed by atoms with Crippen molar-refractivity contribution >= 4 is 11.8 Å². The number of pyridine rings is 1. The van der Waals surface area contributed by atoms with Crippen molar-refractivity contribution in [2.24, 2.45) is 5.41 Å². The average molecular weight is 359 g/mol. The molecule has 1 aliphatic carbocycles. The summed E-state index contributed by atoms with van der Waals surface area (Å²) >= 11 is 0. The molecular formula is C20H26FN3O2. The number of alkyl halides is 1. The van der Waals surface area contributed by atoms with E-state index >= 15 is 0 Å². The Hall–Kier alpha value is -1.98. The van der Waals surface area contributed by atoms with E-state index < -0.39 is 17.0 Å². The Balaban J connectivity index is 1.46. The molecule has 1 spiro atoms. The minimum absolute atomic E-state index is 0.0971. The number of nitrogens with zero attached hydrogens (tertiary/aromatic N) is 3. The average Bonchev–Trinajstić information content (AvgIpc) is 2.88. The molecule has 4 rings (SSSR count). The number of hydrogen-bond acceptors (Lipinski definition) is 3. The number of carbonyl (C=O) groups is 2. The molecule has 3 heterocycles. The fraction of sp³-hybridized carbons (Fsp3) is 0.650. The van der Waals surface area contributed by atoms with Gasteiger partial charge in [-0.2, -0.15) is 0 Å². The molecule has 5 nitrogen and oxygen atoms in total. The second-order valence-corrected chi connectivity index (χ2v) is 8.18. The van der Waals surface area contributed by atoms with E-state index in [1.54, 1.807) is 4.90 Å². The maximum Gasteiger partial charge on any atom is 0.260 e. The molecular weight excluding hydrogens is 333 g/mol. The zero-order chi connectivity index (χ0) is 18.4. The topological polar surface area (TPSA) is 53.5 Å². The first-order valence-electron chi connectivity index (χ1n) is 9.62. The van der Waals surface area contributed by atoms with Crippen LogP contribution in [0.2, 0.25) is 0 Å². The molecule has 3 aliphatic rings. The summed E-state index contributed by atoms with van der Waals surface area (Å²) in [6.45, 7) is 4.06. The van der Waals surface area contributed by atoms with Gasteiger partial charge in [0.05, 0.1) is 17.7 Å². The van der Waals surface area contributed by atoms with Gasteiger partial charge in [-0.25, -0.2) is 4.39 Å². The molecule has 2 aliphatic heterocycles. The molecule has 1 saturated carbocycles. The molecule has 2 amide bonds. The van der Waals surface area contributed by atoms with Crippen LogP contribution >= 0.6 is 0 Å². The number of halogens is 1. The van der Waals surface area contributed by atoms with Crippen LogP contribution in [0.4, 0.5) is 4.39 Å². The highest BCUT2D eigenvalue weighted by Gasteiger charge is 2.53. The first-order valence-corrected chi connectivity index (χ1v) is 9.62. The minimum atomic E-state index is -1.68. The van der Waals surface area contributed by atoms with Crippen LogP contribution in [0.1, 0.15) is 49.9 Å². The van der Waals surface area contributed by atoms with Crippen molar-refractivity contribution in [3.05, 3.63) is 29.6 Å². The van der Waals surface area contributed by atoms with Crippen LogP contribution in [0.25, 0.3) is 0 Å². The van der Waals surface area contributed by atoms with Gasteiger partial charge in [0, 0.05) is 25.3 Å². The summed E-state index contributed by atoms with van der Waals surface area (Å²) in [6.07, 6.45) is 3.72. The summed E-state index contributed by atoms with van der Waals surface area (Å²) < 4.78 is 14.6. The monoisotopic (exact) mass is 359 g/mol. The highest BCUT2D eigenvalue weighted by atomic mass is 19.1. The van der Waals surface area contributed by atoms with Gasteiger partial charge in [-0.3, -0.25) is 14.6 Å². The van der Waals surface area contributed by atoms with Crippen molar-refractivity contribution < 1.29 is 14.0 Å². The van der Waals surface area contributed by atoms with Gasteiger partial charge in [0.1, 0.15) is 0 Å². The van der Waals surface area contributed by atoms with Crippen LogP contribution in [0.5, 0.6) is 0 Å². The molecule has 1 aromatic heterocycles. The number of carbonyl (C=O) groups excluding carboxylic acids is 2. The van der Waals surface area contributed by atoms with E-state index in [2.05, 4.69) is 4.98 Å². The Kier molecular flexibility index (Phi) is 4.24. The zero-order valence-corrected chi connectivity index (χ0v) is 15.3. The summed E-state index contributed by atoms with van der Waals surface area (Å²) in [5.41, 5.74) is -0.383. The summed E-state index contributed by atoms with van der Waals surface area (Å²) in [7, 11) is 0. The van der Waals surface area contributed by atoms with Gasteiger partial charge in [-0.1, -0.05) is 6.07 Å².